The van der Waals surface area contributed by atoms with Crippen molar-refractivity contribution in [1.29, 1.82) is 0 Å². The number of aryl methyl sites for hydroxylation is 2. The third-order valence-electron chi connectivity index (χ3n) is 7.14. The molecule has 1 fully saturated rings. The Hall–Kier alpha value is -3.26. The first kappa shape index (κ1) is 24.1. The van der Waals surface area contributed by atoms with Crippen molar-refractivity contribution < 1.29 is 8.42 Å². The van der Waals surface area contributed by atoms with Gasteiger partial charge in [-0.2, -0.15) is 4.31 Å². The van der Waals surface area contributed by atoms with Crippen LogP contribution < -0.4 is 0 Å². The number of nitrogens with zero attached hydrogens (tertiary/aromatic N) is 4. The summed E-state index contributed by atoms with van der Waals surface area (Å²) < 4.78 is 31.7. The summed E-state index contributed by atoms with van der Waals surface area (Å²) in [6.45, 7) is 1.23. The van der Waals surface area contributed by atoms with E-state index in [4.69, 9.17) is 16.6 Å². The van der Waals surface area contributed by atoms with Gasteiger partial charge in [-0.1, -0.05) is 41.9 Å². The lowest BCUT2D eigenvalue weighted by molar-refractivity contribution is 0.373. The highest BCUT2D eigenvalue weighted by atomic mass is 35.5. The minimum absolute atomic E-state index is 0.286. The van der Waals surface area contributed by atoms with Crippen molar-refractivity contribution in [2.75, 3.05) is 6.54 Å². The number of rotatable bonds is 7. The maximum Gasteiger partial charge on any atom is 0.243 e. The number of sulfonamides is 1. The molecule has 1 aliphatic heterocycles. The third kappa shape index (κ3) is 4.63. The Morgan fingerprint density at radius 3 is 2.70 bits per heavy atom. The molecule has 0 bridgehead atoms. The van der Waals surface area contributed by atoms with Crippen molar-refractivity contribution in [1.82, 2.24) is 18.8 Å². The molecular formula is C29H27ClN4O2S. The van der Waals surface area contributed by atoms with Crippen LogP contribution in [0.5, 0.6) is 0 Å². The summed E-state index contributed by atoms with van der Waals surface area (Å²) in [6, 6.07) is 22.6. The number of hydrogen-bond acceptors (Lipinski definition) is 4. The minimum Gasteiger partial charge on any atom is -0.327 e. The van der Waals surface area contributed by atoms with E-state index in [1.54, 1.807) is 28.7 Å². The summed E-state index contributed by atoms with van der Waals surface area (Å²) >= 11 is 6.18. The van der Waals surface area contributed by atoms with Crippen LogP contribution in [0.1, 0.15) is 36.7 Å². The fourth-order valence-corrected chi connectivity index (χ4v) is 7.22. The first-order valence-electron chi connectivity index (χ1n) is 12.6. The smallest absolute Gasteiger partial charge is 0.243 e. The van der Waals surface area contributed by atoms with E-state index < -0.39 is 10.0 Å². The van der Waals surface area contributed by atoms with Crippen molar-refractivity contribution in [3.05, 3.63) is 102 Å². The zero-order valence-corrected chi connectivity index (χ0v) is 21.9. The SMILES string of the molecule is O=S(=O)(c1ccc2ccc(Cl)cc2c1)N1CCCC1c1nc2ccccc2n1CCCc1cccnc1. The summed E-state index contributed by atoms with van der Waals surface area (Å²) in [4.78, 5) is 9.47. The third-order valence-corrected chi connectivity index (χ3v) is 9.28. The van der Waals surface area contributed by atoms with E-state index in [1.165, 1.54) is 5.56 Å². The highest BCUT2D eigenvalue weighted by Crippen LogP contribution is 2.38. The summed E-state index contributed by atoms with van der Waals surface area (Å²) in [7, 11) is -3.73. The van der Waals surface area contributed by atoms with Crippen LogP contribution in [0.2, 0.25) is 5.02 Å². The molecule has 0 N–H and O–H groups in total. The molecular weight excluding hydrogens is 504 g/mol. The van der Waals surface area contributed by atoms with Gasteiger partial charge in [-0.25, -0.2) is 13.4 Å². The molecule has 0 radical (unpaired) electrons. The van der Waals surface area contributed by atoms with Gasteiger partial charge >= 0.3 is 0 Å². The molecule has 3 heterocycles. The second-order valence-electron chi connectivity index (χ2n) is 9.50. The number of para-hydroxylation sites is 2. The molecule has 6 rings (SSSR count). The molecule has 1 unspecified atom stereocenters. The van der Waals surface area contributed by atoms with Gasteiger partial charge in [-0.3, -0.25) is 4.98 Å². The van der Waals surface area contributed by atoms with Crippen LogP contribution in [0, 0.1) is 0 Å². The molecule has 6 nitrogen and oxygen atoms in total. The lowest BCUT2D eigenvalue weighted by atomic mass is 10.1. The van der Waals surface area contributed by atoms with Crippen LogP contribution >= 0.6 is 11.6 Å². The van der Waals surface area contributed by atoms with E-state index in [0.29, 0.717) is 11.6 Å². The molecule has 1 aliphatic rings. The van der Waals surface area contributed by atoms with Gasteiger partial charge in [0.15, 0.2) is 0 Å². The van der Waals surface area contributed by atoms with Crippen molar-refractivity contribution >= 4 is 43.4 Å². The van der Waals surface area contributed by atoms with E-state index in [0.717, 1.165) is 59.9 Å². The lowest BCUT2D eigenvalue weighted by Crippen LogP contribution is -2.32. The summed E-state index contributed by atoms with van der Waals surface area (Å²) in [5, 5.41) is 2.35. The number of hydrogen-bond donors (Lipinski definition) is 0. The first-order valence-corrected chi connectivity index (χ1v) is 14.4. The summed E-state index contributed by atoms with van der Waals surface area (Å²) in [5.74, 6) is 0.817. The van der Waals surface area contributed by atoms with Crippen molar-refractivity contribution in [2.24, 2.45) is 0 Å². The molecule has 1 saturated heterocycles. The average Bonchev–Trinajstić information content (AvgIpc) is 3.54. The topological polar surface area (TPSA) is 68.1 Å². The Labute approximate surface area is 221 Å². The van der Waals surface area contributed by atoms with Crippen molar-refractivity contribution in [3.63, 3.8) is 0 Å². The van der Waals surface area contributed by atoms with E-state index in [-0.39, 0.29) is 10.9 Å². The predicted molar refractivity (Wildman–Crippen MR) is 147 cm³/mol. The van der Waals surface area contributed by atoms with Crippen LogP contribution in [0.15, 0.2) is 90.1 Å². The highest BCUT2D eigenvalue weighted by molar-refractivity contribution is 7.89. The van der Waals surface area contributed by atoms with Crippen LogP contribution in [-0.4, -0.2) is 33.8 Å². The molecule has 3 aromatic carbocycles. The van der Waals surface area contributed by atoms with Gasteiger partial charge in [0.2, 0.25) is 10.0 Å². The minimum atomic E-state index is -3.73. The Morgan fingerprint density at radius 1 is 0.973 bits per heavy atom. The van der Waals surface area contributed by atoms with Crippen molar-refractivity contribution in [2.45, 2.75) is 43.2 Å². The largest absolute Gasteiger partial charge is 0.327 e. The van der Waals surface area contributed by atoms with E-state index in [1.807, 2.05) is 48.7 Å². The Morgan fingerprint density at radius 2 is 1.84 bits per heavy atom. The quantitative estimate of drug-likeness (QED) is 0.244. The van der Waals surface area contributed by atoms with Crippen LogP contribution in [-0.2, 0) is 23.0 Å². The molecule has 1 atom stereocenters. The predicted octanol–water partition coefficient (Wildman–Crippen LogP) is 6.40. The number of pyridine rings is 1. The fourth-order valence-electron chi connectivity index (χ4n) is 5.35. The second kappa shape index (κ2) is 9.89. The van der Waals surface area contributed by atoms with Crippen molar-refractivity contribution in [3.8, 4) is 0 Å². The lowest BCUT2D eigenvalue weighted by Gasteiger charge is -2.25. The maximum absolute atomic E-state index is 13.9. The van der Waals surface area contributed by atoms with E-state index >= 15 is 0 Å². The van der Waals surface area contributed by atoms with Gasteiger partial charge in [-0.05, 0) is 84.5 Å². The Bertz CT molecular complexity index is 1680. The molecule has 2 aromatic heterocycles. The molecule has 188 valence electrons. The van der Waals surface area contributed by atoms with Crippen LogP contribution in [0.3, 0.4) is 0 Å². The molecule has 5 aromatic rings. The van der Waals surface area contributed by atoms with Gasteiger partial charge in [0.05, 0.1) is 22.0 Å². The Kier molecular flexibility index (Phi) is 6.44. The van der Waals surface area contributed by atoms with Gasteiger partial charge in [0, 0.05) is 30.5 Å². The fraction of sp³-hybridized carbons (Fsp3) is 0.241. The highest BCUT2D eigenvalue weighted by Gasteiger charge is 2.39. The molecule has 8 heteroatoms. The standard InChI is InChI=1S/C29H27ClN4O2S/c30-24-13-11-22-12-14-25(19-23(22)18-24)37(35,36)34-17-5-10-28(34)29-32-26-8-1-2-9-27(26)33(29)16-4-7-21-6-3-15-31-20-21/h1-3,6,8-9,11-15,18-20,28H,4-5,7,10,16-17H2. The molecule has 37 heavy (non-hydrogen) atoms. The summed E-state index contributed by atoms with van der Waals surface area (Å²) in [6.07, 6.45) is 7.02. The normalized spacial score (nSPS) is 16.6. The van der Waals surface area contributed by atoms with Gasteiger partial charge in [0.25, 0.3) is 0 Å². The van der Waals surface area contributed by atoms with Crippen LogP contribution in [0.25, 0.3) is 21.8 Å². The molecule has 0 spiro atoms. The molecule has 0 aliphatic carbocycles. The second-order valence-corrected chi connectivity index (χ2v) is 11.8. The number of halogens is 1. The Balaban J connectivity index is 1.35. The number of aromatic nitrogens is 3. The number of fused-ring (bicyclic) bond motifs is 2. The van der Waals surface area contributed by atoms with Gasteiger partial charge < -0.3 is 4.57 Å². The van der Waals surface area contributed by atoms with E-state index in [9.17, 15) is 8.42 Å². The zero-order chi connectivity index (χ0) is 25.4. The average molecular weight is 531 g/mol. The number of benzene rings is 3. The first-order chi connectivity index (χ1) is 18.0. The zero-order valence-electron chi connectivity index (χ0n) is 20.3. The monoisotopic (exact) mass is 530 g/mol. The van der Waals surface area contributed by atoms with E-state index in [2.05, 4.69) is 21.7 Å². The number of imidazole rings is 1. The van der Waals surface area contributed by atoms with Crippen LogP contribution in [0.4, 0.5) is 0 Å². The maximum atomic E-state index is 13.9. The van der Waals surface area contributed by atoms with Gasteiger partial charge in [-0.15, -0.1) is 0 Å². The summed E-state index contributed by atoms with van der Waals surface area (Å²) in [5.41, 5.74) is 3.12. The molecule has 0 saturated carbocycles. The molecule has 0 amide bonds. The van der Waals surface area contributed by atoms with Gasteiger partial charge in [0.1, 0.15) is 5.82 Å².